The molecule has 0 saturated carbocycles. The number of amides is 1. The Hall–Kier alpha value is -1.93. The van der Waals surface area contributed by atoms with Gasteiger partial charge in [0.1, 0.15) is 0 Å². The van der Waals surface area contributed by atoms with Gasteiger partial charge >= 0.3 is 5.97 Å². The molecule has 120 valence electrons. The van der Waals surface area contributed by atoms with Crippen LogP contribution < -0.4 is 0 Å². The van der Waals surface area contributed by atoms with Crippen LogP contribution in [0.2, 0.25) is 0 Å². The lowest BCUT2D eigenvalue weighted by Crippen LogP contribution is -2.47. The molecule has 1 aromatic rings. The zero-order chi connectivity index (χ0) is 15.7. The van der Waals surface area contributed by atoms with Crippen molar-refractivity contribution in [2.75, 3.05) is 39.4 Å². The molecule has 3 heterocycles. The Morgan fingerprint density at radius 1 is 1.36 bits per heavy atom. The van der Waals surface area contributed by atoms with Gasteiger partial charge in [-0.05, 0) is 6.92 Å². The molecule has 8 nitrogen and oxygen atoms in total. The van der Waals surface area contributed by atoms with Crippen LogP contribution in [0.15, 0.2) is 10.6 Å². The van der Waals surface area contributed by atoms with Crippen LogP contribution in [0.25, 0.3) is 0 Å². The number of nitrogens with zero attached hydrogens (tertiary/aromatic N) is 3. The first-order chi connectivity index (χ1) is 10.5. The lowest BCUT2D eigenvalue weighted by molar-refractivity contribution is -0.138. The van der Waals surface area contributed by atoms with Gasteiger partial charge in [0.2, 0.25) is 5.76 Å². The minimum atomic E-state index is -0.857. The summed E-state index contributed by atoms with van der Waals surface area (Å²) in [6, 6.07) is 1.44. The number of carbonyl (C=O) groups excluding carboxylic acids is 1. The third-order valence-corrected chi connectivity index (χ3v) is 4.00. The molecular weight excluding hydrogens is 290 g/mol. The van der Waals surface area contributed by atoms with Gasteiger partial charge in [0, 0.05) is 31.6 Å². The van der Waals surface area contributed by atoms with Crippen LogP contribution in [0.1, 0.15) is 16.2 Å². The van der Waals surface area contributed by atoms with Crippen molar-refractivity contribution in [3.8, 4) is 0 Å². The summed E-state index contributed by atoms with van der Waals surface area (Å²) in [5.41, 5.74) is 0.657. The average Bonchev–Trinajstić information content (AvgIpc) is 2.66. The molecule has 0 spiro atoms. The number of aryl methyl sites for hydroxylation is 1. The van der Waals surface area contributed by atoms with E-state index in [9.17, 15) is 9.59 Å². The molecule has 0 radical (unpaired) electrons. The number of hydrogen-bond donors (Lipinski definition) is 1. The van der Waals surface area contributed by atoms with E-state index < -0.39 is 5.97 Å². The predicted molar refractivity (Wildman–Crippen MR) is 74.4 cm³/mol. The Bertz CT molecular complexity index is 573. The highest BCUT2D eigenvalue weighted by Crippen LogP contribution is 2.22. The fourth-order valence-corrected chi connectivity index (χ4v) is 3.12. The third kappa shape index (κ3) is 3.12. The molecule has 1 N–H and O–H groups in total. The molecule has 22 heavy (non-hydrogen) atoms. The number of carboxylic acid groups (broad SMARTS) is 1. The second kappa shape index (κ2) is 6.05. The van der Waals surface area contributed by atoms with E-state index in [1.54, 1.807) is 17.9 Å². The molecule has 2 bridgehead atoms. The van der Waals surface area contributed by atoms with Crippen molar-refractivity contribution in [1.29, 1.82) is 0 Å². The highest BCUT2D eigenvalue weighted by atomic mass is 16.5. The van der Waals surface area contributed by atoms with Gasteiger partial charge in [0.15, 0.2) is 0 Å². The summed E-state index contributed by atoms with van der Waals surface area (Å²) in [5, 5.41) is 12.8. The van der Waals surface area contributed by atoms with Crippen LogP contribution >= 0.6 is 0 Å². The first-order valence-corrected chi connectivity index (χ1v) is 7.29. The van der Waals surface area contributed by atoms with Gasteiger partial charge in [0.05, 0.1) is 31.5 Å². The molecular formula is C14H19N3O5. The van der Waals surface area contributed by atoms with Crippen molar-refractivity contribution in [2.24, 2.45) is 5.92 Å². The summed E-state index contributed by atoms with van der Waals surface area (Å²) >= 11 is 0. The largest absolute Gasteiger partial charge is 0.480 e. The van der Waals surface area contributed by atoms with E-state index in [-0.39, 0.29) is 30.2 Å². The lowest BCUT2D eigenvalue weighted by Gasteiger charge is -2.29. The van der Waals surface area contributed by atoms with Gasteiger partial charge in [-0.3, -0.25) is 14.5 Å². The van der Waals surface area contributed by atoms with Crippen molar-refractivity contribution in [1.82, 2.24) is 15.0 Å². The maximum absolute atomic E-state index is 12.6. The molecule has 2 fully saturated rings. The molecule has 2 saturated heterocycles. The second-order valence-corrected chi connectivity index (χ2v) is 5.94. The van der Waals surface area contributed by atoms with Crippen molar-refractivity contribution in [3.05, 3.63) is 17.5 Å². The predicted octanol–water partition coefficient (Wildman–Crippen LogP) is -0.160. The number of ether oxygens (including phenoxy) is 1. The number of aliphatic carboxylic acids is 1. The number of hydrogen-bond acceptors (Lipinski definition) is 6. The monoisotopic (exact) mass is 309 g/mol. The van der Waals surface area contributed by atoms with Gasteiger partial charge in [-0.15, -0.1) is 0 Å². The molecule has 0 aliphatic carbocycles. The van der Waals surface area contributed by atoms with E-state index in [0.717, 1.165) is 0 Å². The summed E-state index contributed by atoms with van der Waals surface area (Å²) in [7, 11) is 0. The molecule has 2 atom stereocenters. The Kier molecular flexibility index (Phi) is 4.12. The molecule has 2 aliphatic rings. The molecule has 0 unspecified atom stereocenters. The minimum Gasteiger partial charge on any atom is -0.480 e. The normalized spacial score (nSPS) is 25.8. The van der Waals surface area contributed by atoms with Gasteiger partial charge in [-0.25, -0.2) is 0 Å². The van der Waals surface area contributed by atoms with Crippen LogP contribution in [0.5, 0.6) is 0 Å². The van der Waals surface area contributed by atoms with E-state index in [4.69, 9.17) is 14.4 Å². The molecule has 3 rings (SSSR count). The van der Waals surface area contributed by atoms with E-state index in [2.05, 4.69) is 5.16 Å². The van der Waals surface area contributed by atoms with Crippen molar-refractivity contribution in [3.63, 3.8) is 0 Å². The Morgan fingerprint density at radius 2 is 2.18 bits per heavy atom. The fourth-order valence-electron chi connectivity index (χ4n) is 3.12. The smallest absolute Gasteiger partial charge is 0.317 e. The Morgan fingerprint density at radius 3 is 2.86 bits per heavy atom. The number of carbonyl (C=O) groups is 2. The number of fused-ring (bicyclic) bond motifs is 3. The van der Waals surface area contributed by atoms with E-state index in [0.29, 0.717) is 38.5 Å². The molecule has 8 heteroatoms. The van der Waals surface area contributed by atoms with E-state index in [1.807, 2.05) is 4.90 Å². The molecule has 0 aromatic carbocycles. The first-order valence-electron chi connectivity index (χ1n) is 7.29. The SMILES string of the molecule is Cc1cc(C(=O)N2C[C@H]3COC[C@@H]2CN(CC(=O)O)C3)on1. The number of aromatic nitrogens is 1. The fraction of sp³-hybridized carbons (Fsp3) is 0.643. The van der Waals surface area contributed by atoms with Crippen LogP contribution in [0.4, 0.5) is 0 Å². The first kappa shape index (κ1) is 15.0. The van der Waals surface area contributed by atoms with Crippen molar-refractivity contribution in [2.45, 2.75) is 13.0 Å². The Labute approximate surface area is 127 Å². The maximum atomic E-state index is 12.6. The standard InChI is InChI=1S/C14H19N3O5/c1-9-2-12(22-15-9)14(20)17-4-10-3-16(6-13(18)19)5-11(17)8-21-7-10/h2,10-11H,3-8H2,1H3,(H,18,19)/t10-,11-/m0/s1. The van der Waals surface area contributed by atoms with Gasteiger partial charge in [-0.1, -0.05) is 5.16 Å². The minimum absolute atomic E-state index is 0.0174. The average molecular weight is 309 g/mol. The number of carboxylic acids is 1. The van der Waals surface area contributed by atoms with Gasteiger partial charge in [0.25, 0.3) is 5.91 Å². The van der Waals surface area contributed by atoms with Crippen LogP contribution in [-0.2, 0) is 9.53 Å². The van der Waals surface area contributed by atoms with Crippen LogP contribution in [-0.4, -0.2) is 77.4 Å². The third-order valence-electron chi connectivity index (χ3n) is 4.00. The highest BCUT2D eigenvalue weighted by Gasteiger charge is 2.37. The summed E-state index contributed by atoms with van der Waals surface area (Å²) in [4.78, 5) is 27.2. The highest BCUT2D eigenvalue weighted by molar-refractivity contribution is 5.91. The topological polar surface area (TPSA) is 96.1 Å². The van der Waals surface area contributed by atoms with Gasteiger partial charge in [-0.2, -0.15) is 0 Å². The van der Waals surface area contributed by atoms with Crippen molar-refractivity contribution >= 4 is 11.9 Å². The quantitative estimate of drug-likeness (QED) is 0.828. The molecule has 1 aromatic heterocycles. The second-order valence-electron chi connectivity index (χ2n) is 5.94. The Balaban J connectivity index is 1.80. The molecule has 2 aliphatic heterocycles. The summed E-state index contributed by atoms with van der Waals surface area (Å²) in [6.45, 7) is 4.33. The summed E-state index contributed by atoms with van der Waals surface area (Å²) in [5.74, 6) is -0.752. The van der Waals surface area contributed by atoms with Crippen LogP contribution in [0.3, 0.4) is 0 Å². The zero-order valence-corrected chi connectivity index (χ0v) is 12.4. The summed E-state index contributed by atoms with van der Waals surface area (Å²) in [6.07, 6.45) is 0. The van der Waals surface area contributed by atoms with E-state index >= 15 is 0 Å². The molecule has 1 amide bonds. The van der Waals surface area contributed by atoms with Crippen molar-refractivity contribution < 1.29 is 24.0 Å². The van der Waals surface area contributed by atoms with E-state index in [1.165, 1.54) is 0 Å². The maximum Gasteiger partial charge on any atom is 0.317 e. The zero-order valence-electron chi connectivity index (χ0n) is 12.4. The summed E-state index contributed by atoms with van der Waals surface area (Å²) < 4.78 is 10.7. The lowest BCUT2D eigenvalue weighted by atomic mass is 10.1. The number of rotatable bonds is 3. The van der Waals surface area contributed by atoms with Crippen LogP contribution in [0, 0.1) is 12.8 Å². The van der Waals surface area contributed by atoms with Gasteiger partial charge < -0.3 is 19.3 Å².